The summed E-state index contributed by atoms with van der Waals surface area (Å²) in [5.74, 6) is 1.84. The van der Waals surface area contributed by atoms with Crippen molar-refractivity contribution < 1.29 is 4.74 Å². The first kappa shape index (κ1) is 14.3. The fourth-order valence-electron chi connectivity index (χ4n) is 2.04. The molecule has 0 saturated carbocycles. The van der Waals surface area contributed by atoms with Crippen molar-refractivity contribution in [3.05, 3.63) is 53.7 Å². The highest BCUT2D eigenvalue weighted by Gasteiger charge is 2.04. The molecule has 0 spiro atoms. The van der Waals surface area contributed by atoms with Crippen molar-refractivity contribution in [3.63, 3.8) is 0 Å². The summed E-state index contributed by atoms with van der Waals surface area (Å²) < 4.78 is 5.16. The van der Waals surface area contributed by atoms with E-state index < -0.39 is 0 Å². The number of aromatic nitrogens is 1. The topological polar surface area (TPSA) is 51.4 Å². The smallest absolute Gasteiger partial charge is 0.128 e. The molecule has 106 valence electrons. The van der Waals surface area contributed by atoms with Crippen molar-refractivity contribution in [2.75, 3.05) is 25.6 Å². The minimum atomic E-state index is 0.655. The summed E-state index contributed by atoms with van der Waals surface area (Å²) in [6.45, 7) is 1.47. The molecule has 2 aromatic rings. The molecule has 0 amide bonds. The van der Waals surface area contributed by atoms with Crippen LogP contribution in [0.2, 0.25) is 0 Å². The van der Waals surface area contributed by atoms with Gasteiger partial charge in [0.1, 0.15) is 11.6 Å². The third kappa shape index (κ3) is 3.71. The molecule has 0 atom stereocenters. The van der Waals surface area contributed by atoms with E-state index in [1.807, 2.05) is 31.4 Å². The lowest BCUT2D eigenvalue weighted by Gasteiger charge is -2.18. The third-order valence-corrected chi connectivity index (χ3v) is 3.21. The Morgan fingerprint density at radius 2 is 1.80 bits per heavy atom. The highest BCUT2D eigenvalue weighted by atomic mass is 16.5. The van der Waals surface area contributed by atoms with E-state index in [1.54, 1.807) is 7.11 Å². The van der Waals surface area contributed by atoms with Gasteiger partial charge in [-0.25, -0.2) is 4.98 Å². The molecule has 2 N–H and O–H groups in total. The third-order valence-electron chi connectivity index (χ3n) is 3.21. The number of hydrogen-bond donors (Lipinski definition) is 1. The van der Waals surface area contributed by atoms with Gasteiger partial charge in [0.15, 0.2) is 0 Å². The van der Waals surface area contributed by atoms with Gasteiger partial charge in [-0.1, -0.05) is 18.2 Å². The summed E-state index contributed by atoms with van der Waals surface area (Å²) in [5.41, 5.74) is 7.93. The summed E-state index contributed by atoms with van der Waals surface area (Å²) in [5, 5.41) is 0. The Balaban J connectivity index is 2.01. The molecular formula is C16H21N3O. The second kappa shape index (κ2) is 6.91. The van der Waals surface area contributed by atoms with Crippen LogP contribution in [0.5, 0.6) is 5.75 Å². The van der Waals surface area contributed by atoms with Gasteiger partial charge in [0.25, 0.3) is 0 Å². The lowest BCUT2D eigenvalue weighted by atomic mass is 10.2. The summed E-state index contributed by atoms with van der Waals surface area (Å²) in [7, 11) is 3.71. The van der Waals surface area contributed by atoms with Gasteiger partial charge in [-0.15, -0.1) is 0 Å². The van der Waals surface area contributed by atoms with Crippen LogP contribution in [0.1, 0.15) is 11.1 Å². The number of anilines is 1. The number of nitrogens with zero attached hydrogens (tertiary/aromatic N) is 2. The normalized spacial score (nSPS) is 10.3. The van der Waals surface area contributed by atoms with Gasteiger partial charge in [0.05, 0.1) is 7.11 Å². The molecule has 0 radical (unpaired) electrons. The van der Waals surface area contributed by atoms with Gasteiger partial charge in [0.2, 0.25) is 0 Å². The summed E-state index contributed by atoms with van der Waals surface area (Å²) in [6.07, 6.45) is 2.77. The number of hydrogen-bond acceptors (Lipinski definition) is 4. The highest BCUT2D eigenvalue weighted by molar-refractivity contribution is 5.40. The van der Waals surface area contributed by atoms with Crippen molar-refractivity contribution in [1.29, 1.82) is 0 Å². The van der Waals surface area contributed by atoms with E-state index in [0.717, 1.165) is 24.5 Å². The molecule has 0 bridgehead atoms. The highest BCUT2D eigenvalue weighted by Crippen LogP contribution is 2.16. The second-order valence-electron chi connectivity index (χ2n) is 4.77. The van der Waals surface area contributed by atoms with E-state index >= 15 is 0 Å². The van der Waals surface area contributed by atoms with Gasteiger partial charge in [-0.2, -0.15) is 0 Å². The first-order valence-electron chi connectivity index (χ1n) is 6.72. The number of methoxy groups -OCH3 is 1. The Hall–Kier alpha value is -2.07. The van der Waals surface area contributed by atoms with Gasteiger partial charge in [-0.05, 0) is 42.3 Å². The molecular weight excluding hydrogens is 250 g/mol. The second-order valence-corrected chi connectivity index (χ2v) is 4.77. The molecule has 0 aliphatic carbocycles. The van der Waals surface area contributed by atoms with Crippen molar-refractivity contribution in [2.24, 2.45) is 5.73 Å². The van der Waals surface area contributed by atoms with Crippen LogP contribution in [-0.4, -0.2) is 25.7 Å². The molecule has 0 saturated heterocycles. The quantitative estimate of drug-likeness (QED) is 0.875. The van der Waals surface area contributed by atoms with Crippen molar-refractivity contribution in [2.45, 2.75) is 13.0 Å². The maximum atomic E-state index is 5.54. The van der Waals surface area contributed by atoms with Gasteiger partial charge in [-0.3, -0.25) is 0 Å². The molecule has 1 aromatic carbocycles. The van der Waals surface area contributed by atoms with Crippen LogP contribution < -0.4 is 15.4 Å². The number of benzene rings is 1. The minimum absolute atomic E-state index is 0.655. The lowest BCUT2D eigenvalue weighted by molar-refractivity contribution is 0.414. The number of nitrogens with two attached hydrogens (primary N) is 1. The summed E-state index contributed by atoms with van der Waals surface area (Å²) >= 11 is 0. The largest absolute Gasteiger partial charge is 0.497 e. The van der Waals surface area contributed by atoms with E-state index in [-0.39, 0.29) is 0 Å². The van der Waals surface area contributed by atoms with E-state index in [1.165, 1.54) is 11.1 Å². The van der Waals surface area contributed by atoms with Crippen LogP contribution in [0.25, 0.3) is 0 Å². The maximum Gasteiger partial charge on any atom is 0.128 e. The molecule has 1 heterocycles. The average molecular weight is 271 g/mol. The Kier molecular flexibility index (Phi) is 4.96. The Bertz CT molecular complexity index is 522. The van der Waals surface area contributed by atoms with Crippen LogP contribution in [0, 0.1) is 0 Å². The number of rotatable bonds is 6. The molecule has 0 fully saturated rings. The standard InChI is InChI=1S/C16H21N3O/c1-19(12-14-3-6-15(20-2)7-4-14)16-8-5-13(9-10-17)11-18-16/h3-8,11H,9-10,12,17H2,1-2H3. The predicted molar refractivity (Wildman–Crippen MR) is 82.1 cm³/mol. The maximum absolute atomic E-state index is 5.54. The summed E-state index contributed by atoms with van der Waals surface area (Å²) in [4.78, 5) is 6.59. The SMILES string of the molecule is COc1ccc(CN(C)c2ccc(CCN)cn2)cc1. The van der Waals surface area contributed by atoms with Gasteiger partial charge in [0, 0.05) is 19.8 Å². The number of ether oxygens (including phenoxy) is 1. The Labute approximate surface area is 120 Å². The lowest BCUT2D eigenvalue weighted by Crippen LogP contribution is -2.17. The first-order chi connectivity index (χ1) is 9.72. The van der Waals surface area contributed by atoms with Crippen molar-refractivity contribution >= 4 is 5.82 Å². The van der Waals surface area contributed by atoms with Crippen molar-refractivity contribution in [3.8, 4) is 5.75 Å². The molecule has 0 aliphatic rings. The molecule has 4 heteroatoms. The summed E-state index contributed by atoms with van der Waals surface area (Å²) in [6, 6.07) is 12.2. The Morgan fingerprint density at radius 3 is 2.35 bits per heavy atom. The van der Waals surface area contributed by atoms with Crippen LogP contribution in [0.15, 0.2) is 42.6 Å². The van der Waals surface area contributed by atoms with E-state index in [4.69, 9.17) is 10.5 Å². The molecule has 20 heavy (non-hydrogen) atoms. The molecule has 4 nitrogen and oxygen atoms in total. The van der Waals surface area contributed by atoms with E-state index in [0.29, 0.717) is 6.54 Å². The van der Waals surface area contributed by atoms with Crippen LogP contribution in [0.3, 0.4) is 0 Å². The van der Waals surface area contributed by atoms with E-state index in [2.05, 4.69) is 28.1 Å². The molecule has 0 unspecified atom stereocenters. The monoisotopic (exact) mass is 271 g/mol. The van der Waals surface area contributed by atoms with Crippen LogP contribution in [-0.2, 0) is 13.0 Å². The van der Waals surface area contributed by atoms with E-state index in [9.17, 15) is 0 Å². The Morgan fingerprint density at radius 1 is 1.10 bits per heavy atom. The zero-order chi connectivity index (χ0) is 14.4. The van der Waals surface area contributed by atoms with Crippen molar-refractivity contribution in [1.82, 2.24) is 4.98 Å². The fourth-order valence-corrected chi connectivity index (χ4v) is 2.04. The first-order valence-corrected chi connectivity index (χ1v) is 6.72. The molecule has 0 aliphatic heterocycles. The van der Waals surface area contributed by atoms with Crippen LogP contribution >= 0.6 is 0 Å². The zero-order valence-corrected chi connectivity index (χ0v) is 12.0. The molecule has 1 aromatic heterocycles. The van der Waals surface area contributed by atoms with Crippen LogP contribution in [0.4, 0.5) is 5.82 Å². The average Bonchev–Trinajstić information content (AvgIpc) is 2.49. The predicted octanol–water partition coefficient (Wildman–Crippen LogP) is 2.23. The minimum Gasteiger partial charge on any atom is -0.497 e. The van der Waals surface area contributed by atoms with Gasteiger partial charge >= 0.3 is 0 Å². The number of pyridine rings is 1. The zero-order valence-electron chi connectivity index (χ0n) is 12.0. The fraction of sp³-hybridized carbons (Fsp3) is 0.312. The molecule has 2 rings (SSSR count). The van der Waals surface area contributed by atoms with Gasteiger partial charge < -0.3 is 15.4 Å².